The summed E-state index contributed by atoms with van der Waals surface area (Å²) in [4.78, 5) is 59.6. The number of esters is 1. The maximum Gasteiger partial charge on any atom is 0.306 e. The summed E-state index contributed by atoms with van der Waals surface area (Å²) in [7, 11) is -4.17. The molecule has 12 heteroatoms. The van der Waals surface area contributed by atoms with E-state index in [0.29, 0.717) is 18.9 Å². The summed E-state index contributed by atoms with van der Waals surface area (Å²) in [5, 5.41) is 3.00. The number of amides is 2. The van der Waals surface area contributed by atoms with Gasteiger partial charge in [-0.15, -0.1) is 6.58 Å². The van der Waals surface area contributed by atoms with Crippen LogP contribution < -0.4 is 5.32 Å². The van der Waals surface area contributed by atoms with Crippen molar-refractivity contribution in [1.29, 1.82) is 0 Å². The molecule has 0 aromatic heterocycles. The van der Waals surface area contributed by atoms with Crippen LogP contribution in [0.1, 0.15) is 78.6 Å². The highest BCUT2D eigenvalue weighted by Crippen LogP contribution is 2.56. The molecule has 0 bridgehead atoms. The number of Topliss-reactive ketones (excluding diaryl/α,β-unsaturated/α-hetero) is 1. The number of sulfonamides is 1. The van der Waals surface area contributed by atoms with Crippen molar-refractivity contribution in [3.8, 4) is 0 Å². The van der Waals surface area contributed by atoms with E-state index in [1.54, 1.807) is 6.08 Å². The summed E-state index contributed by atoms with van der Waals surface area (Å²) in [5.74, 6) is -2.27. The summed E-state index contributed by atoms with van der Waals surface area (Å²) in [6.45, 7) is 16.4. The number of rotatable bonds is 13. The van der Waals surface area contributed by atoms with E-state index in [9.17, 15) is 27.6 Å². The van der Waals surface area contributed by atoms with Crippen LogP contribution in [0.15, 0.2) is 41.8 Å². The molecule has 4 aliphatic rings. The Morgan fingerprint density at radius 2 is 1.79 bits per heavy atom. The Bertz CT molecular complexity index is 1550. The van der Waals surface area contributed by atoms with Gasteiger partial charge in [-0.2, -0.15) is 4.31 Å². The van der Waals surface area contributed by atoms with Gasteiger partial charge < -0.3 is 15.0 Å². The van der Waals surface area contributed by atoms with E-state index in [0.717, 1.165) is 42.8 Å². The zero-order valence-corrected chi connectivity index (χ0v) is 28.4. The zero-order chi connectivity index (χ0) is 34.1. The first kappa shape index (κ1) is 34.8. The van der Waals surface area contributed by atoms with Crippen LogP contribution in [0.25, 0.3) is 4.85 Å². The van der Waals surface area contributed by atoms with Gasteiger partial charge in [-0.05, 0) is 62.2 Å². The Morgan fingerprint density at radius 3 is 2.34 bits per heavy atom. The van der Waals surface area contributed by atoms with E-state index in [1.165, 1.54) is 29.2 Å². The van der Waals surface area contributed by atoms with Gasteiger partial charge in [0.25, 0.3) is 0 Å². The Labute approximate surface area is 277 Å². The van der Waals surface area contributed by atoms with Crippen molar-refractivity contribution in [3.05, 3.63) is 48.3 Å². The predicted octanol–water partition coefficient (Wildman–Crippen LogP) is 4.61. The van der Waals surface area contributed by atoms with Gasteiger partial charge in [-0.1, -0.05) is 51.1 Å². The number of carbonyl (C=O) groups is 4. The number of carbonyl (C=O) groups excluding carboxylic acids is 4. The lowest BCUT2D eigenvalue weighted by Gasteiger charge is -2.34. The van der Waals surface area contributed by atoms with Gasteiger partial charge in [0, 0.05) is 19.5 Å². The standard InChI is InChI=1S/C35H46N4O7S/c1-6-24-18-35(24,33(43)37-20-23-11-12-23)19-30(40)29-21-38(47(44,45)27-15-13-25(36-5)14-16-27)22-39(29)32(42)28(34(2,3)4)17-31(41)46-26-9-7-8-10-26/h6,13-16,23-24,26,28-29H,1,7-12,17-22H2,2-4H3,(H,37,43)/t24-,28-,29+,35-/m1/s1. The van der Waals surface area contributed by atoms with Gasteiger partial charge in [0.2, 0.25) is 21.8 Å². The Hall–Kier alpha value is -3.56. The maximum atomic E-state index is 14.4. The highest BCUT2D eigenvalue weighted by molar-refractivity contribution is 7.89. The molecule has 5 rings (SSSR count). The number of nitrogens with one attached hydrogen (secondary N) is 1. The molecule has 2 amide bonds. The molecule has 0 unspecified atom stereocenters. The summed E-state index contributed by atoms with van der Waals surface area (Å²) in [5.41, 5.74) is -1.42. The molecular weight excluding hydrogens is 620 g/mol. The summed E-state index contributed by atoms with van der Waals surface area (Å²) in [6, 6.07) is 4.31. The second-order valence-electron chi connectivity index (χ2n) is 14.7. The number of nitrogens with zero attached hydrogens (tertiary/aromatic N) is 3. The number of allylic oxidation sites excluding steroid dienone is 1. The molecule has 1 heterocycles. The minimum atomic E-state index is -4.17. The minimum Gasteiger partial charge on any atom is -0.462 e. The van der Waals surface area contributed by atoms with Gasteiger partial charge in [0.15, 0.2) is 11.5 Å². The zero-order valence-electron chi connectivity index (χ0n) is 27.6. The molecule has 47 heavy (non-hydrogen) atoms. The average molecular weight is 667 g/mol. The molecule has 1 saturated heterocycles. The highest BCUT2D eigenvalue weighted by atomic mass is 32.2. The lowest BCUT2D eigenvalue weighted by atomic mass is 9.77. The fourth-order valence-corrected chi connectivity index (χ4v) is 8.25. The molecule has 1 aromatic carbocycles. The summed E-state index contributed by atoms with van der Waals surface area (Å²) >= 11 is 0. The Kier molecular flexibility index (Phi) is 10.00. The largest absolute Gasteiger partial charge is 0.462 e. The van der Waals surface area contributed by atoms with E-state index in [-0.39, 0.29) is 47.9 Å². The lowest BCUT2D eigenvalue weighted by molar-refractivity contribution is -0.156. The van der Waals surface area contributed by atoms with Crippen LogP contribution >= 0.6 is 0 Å². The van der Waals surface area contributed by atoms with Gasteiger partial charge >= 0.3 is 5.97 Å². The van der Waals surface area contributed by atoms with Crippen molar-refractivity contribution in [2.45, 2.75) is 95.6 Å². The fourth-order valence-electron chi connectivity index (χ4n) is 6.85. The summed E-state index contributed by atoms with van der Waals surface area (Å²) in [6.07, 6.45) is 7.25. The third kappa shape index (κ3) is 7.62. The van der Waals surface area contributed by atoms with Crippen LogP contribution in [0.3, 0.4) is 0 Å². The van der Waals surface area contributed by atoms with Crippen molar-refractivity contribution >= 4 is 39.3 Å². The first-order valence-electron chi connectivity index (χ1n) is 16.6. The third-order valence-electron chi connectivity index (χ3n) is 10.2. The van der Waals surface area contributed by atoms with E-state index < -0.39 is 57.1 Å². The smallest absolute Gasteiger partial charge is 0.306 e. The van der Waals surface area contributed by atoms with Crippen LogP contribution in [-0.4, -0.2) is 73.1 Å². The summed E-state index contributed by atoms with van der Waals surface area (Å²) < 4.78 is 34.4. The highest BCUT2D eigenvalue weighted by Gasteiger charge is 2.60. The molecule has 1 aliphatic heterocycles. The molecule has 1 N–H and O–H groups in total. The molecular formula is C35H46N4O7S. The average Bonchev–Trinajstić information content (AvgIpc) is 3.87. The number of ether oxygens (including phenoxy) is 1. The van der Waals surface area contributed by atoms with Crippen molar-refractivity contribution in [2.24, 2.45) is 28.6 Å². The van der Waals surface area contributed by atoms with E-state index in [2.05, 4.69) is 16.7 Å². The van der Waals surface area contributed by atoms with Crippen LogP contribution in [0, 0.1) is 35.2 Å². The molecule has 3 saturated carbocycles. The second-order valence-corrected chi connectivity index (χ2v) is 16.7. The lowest BCUT2D eigenvalue weighted by Crippen LogP contribution is -2.49. The number of ketones is 1. The Balaban J connectivity index is 1.42. The van der Waals surface area contributed by atoms with Crippen molar-refractivity contribution < 1.29 is 32.3 Å². The number of benzene rings is 1. The first-order valence-corrected chi connectivity index (χ1v) is 18.0. The predicted molar refractivity (Wildman–Crippen MR) is 174 cm³/mol. The van der Waals surface area contributed by atoms with Gasteiger partial charge in [0.05, 0.1) is 35.9 Å². The Morgan fingerprint density at radius 1 is 1.13 bits per heavy atom. The van der Waals surface area contributed by atoms with E-state index >= 15 is 0 Å². The topological polar surface area (TPSA) is 135 Å². The van der Waals surface area contributed by atoms with E-state index in [1.807, 2.05) is 20.8 Å². The molecule has 0 spiro atoms. The van der Waals surface area contributed by atoms with Crippen LogP contribution in [-0.2, 0) is 33.9 Å². The number of hydrogen-bond acceptors (Lipinski definition) is 7. The molecule has 1 aromatic rings. The van der Waals surface area contributed by atoms with Crippen molar-refractivity contribution in [1.82, 2.24) is 14.5 Å². The monoisotopic (exact) mass is 666 g/mol. The quantitative estimate of drug-likeness (QED) is 0.185. The van der Waals surface area contributed by atoms with Gasteiger partial charge in [-0.3, -0.25) is 19.2 Å². The van der Waals surface area contributed by atoms with Crippen LogP contribution in [0.4, 0.5) is 5.69 Å². The van der Waals surface area contributed by atoms with Crippen molar-refractivity contribution in [3.63, 3.8) is 0 Å². The minimum absolute atomic E-state index is 0.0669. The first-order chi connectivity index (χ1) is 22.2. The van der Waals surface area contributed by atoms with Crippen LogP contribution in [0.2, 0.25) is 0 Å². The molecule has 11 nitrogen and oxygen atoms in total. The molecule has 254 valence electrons. The number of hydrogen-bond donors (Lipinski definition) is 1. The maximum absolute atomic E-state index is 14.4. The van der Waals surface area contributed by atoms with Gasteiger partial charge in [0.1, 0.15) is 12.1 Å². The fraction of sp³-hybridized carbons (Fsp3) is 0.629. The van der Waals surface area contributed by atoms with Gasteiger partial charge in [-0.25, -0.2) is 13.3 Å². The SMILES string of the molecule is [C-]#[N+]c1ccc(S(=O)(=O)N2C[C@@H](C(=O)C[C@]3(C(=O)NCC4CC4)C[C@H]3C=C)N(C(=O)[C@@H](CC(=O)OC3CCCC3)C(C)(C)C)C2)cc1. The van der Waals surface area contributed by atoms with Crippen molar-refractivity contribution in [2.75, 3.05) is 19.8 Å². The molecule has 3 aliphatic carbocycles. The molecule has 4 fully saturated rings. The third-order valence-corrected chi connectivity index (χ3v) is 12.1. The van der Waals surface area contributed by atoms with Crippen LogP contribution in [0.5, 0.6) is 0 Å². The second kappa shape index (κ2) is 13.5. The van der Waals surface area contributed by atoms with E-state index in [4.69, 9.17) is 11.3 Å². The molecule has 4 atom stereocenters. The molecule has 0 radical (unpaired) electrons. The normalized spacial score (nSPS) is 25.5.